The van der Waals surface area contributed by atoms with Crippen LogP contribution in [-0.4, -0.2) is 28.9 Å². The second-order valence-corrected chi connectivity index (χ2v) is 7.14. The van der Waals surface area contributed by atoms with Gasteiger partial charge in [-0.3, -0.25) is 4.79 Å². The summed E-state index contributed by atoms with van der Waals surface area (Å²) in [6, 6.07) is 4.10. The van der Waals surface area contributed by atoms with Gasteiger partial charge in [-0.1, -0.05) is 19.9 Å². The van der Waals surface area contributed by atoms with Crippen molar-refractivity contribution in [3.8, 4) is 0 Å². The Morgan fingerprint density at radius 1 is 1.71 bits per heavy atom. The minimum absolute atomic E-state index is 0.0494. The lowest BCUT2D eigenvalue weighted by Gasteiger charge is -2.49. The lowest BCUT2D eigenvalue weighted by atomic mass is 9.64. The van der Waals surface area contributed by atoms with E-state index < -0.39 is 0 Å². The van der Waals surface area contributed by atoms with Crippen molar-refractivity contribution in [3.05, 3.63) is 17.5 Å². The van der Waals surface area contributed by atoms with Gasteiger partial charge in [0.25, 0.3) is 0 Å². The number of carbonyl (C=O) groups is 1. The second kappa shape index (κ2) is 5.00. The van der Waals surface area contributed by atoms with Crippen molar-refractivity contribution in [1.82, 2.24) is 5.32 Å². The molecule has 5 heteroatoms. The summed E-state index contributed by atoms with van der Waals surface area (Å²) in [5, 5.41) is 14.6. The maximum Gasteiger partial charge on any atom is 0.230 e. The van der Waals surface area contributed by atoms with Crippen LogP contribution in [0.25, 0.3) is 0 Å². The first-order valence-electron chi connectivity index (χ1n) is 5.64. The van der Waals surface area contributed by atoms with Crippen LogP contribution in [0, 0.1) is 5.41 Å². The minimum atomic E-state index is -0.294. The fourth-order valence-electron chi connectivity index (χ4n) is 1.87. The Hall–Kier alpha value is -0.520. The van der Waals surface area contributed by atoms with Crippen LogP contribution >= 0.6 is 23.1 Å². The van der Waals surface area contributed by atoms with E-state index in [1.165, 1.54) is 0 Å². The molecule has 17 heavy (non-hydrogen) atoms. The van der Waals surface area contributed by atoms with Crippen LogP contribution in [0.2, 0.25) is 0 Å². The lowest BCUT2D eigenvalue weighted by Crippen LogP contribution is -2.61. The van der Waals surface area contributed by atoms with Gasteiger partial charge >= 0.3 is 0 Å². The monoisotopic (exact) mass is 271 g/mol. The SMILES string of the molecule is CC1(C)C(O)CC1NC(=O)CSc1cccs1. The van der Waals surface area contributed by atoms with Gasteiger partial charge in [-0.25, -0.2) is 0 Å². The zero-order chi connectivity index (χ0) is 12.5. The molecule has 0 aromatic carbocycles. The highest BCUT2D eigenvalue weighted by atomic mass is 32.2. The van der Waals surface area contributed by atoms with Crippen molar-refractivity contribution in [2.75, 3.05) is 5.75 Å². The predicted molar refractivity (Wildman–Crippen MR) is 71.4 cm³/mol. The molecule has 1 amide bonds. The van der Waals surface area contributed by atoms with E-state index in [1.54, 1.807) is 23.1 Å². The lowest BCUT2D eigenvalue weighted by molar-refractivity contribution is -0.126. The third kappa shape index (κ3) is 2.84. The molecule has 0 bridgehead atoms. The molecule has 94 valence electrons. The molecular weight excluding hydrogens is 254 g/mol. The number of hydrogen-bond donors (Lipinski definition) is 2. The van der Waals surface area contributed by atoms with E-state index in [2.05, 4.69) is 5.32 Å². The first-order chi connectivity index (χ1) is 8.00. The van der Waals surface area contributed by atoms with Gasteiger partial charge in [0.1, 0.15) is 0 Å². The van der Waals surface area contributed by atoms with Crippen molar-refractivity contribution in [1.29, 1.82) is 0 Å². The summed E-state index contributed by atoms with van der Waals surface area (Å²) >= 11 is 3.20. The highest BCUT2D eigenvalue weighted by Crippen LogP contribution is 2.40. The molecule has 3 nitrogen and oxygen atoms in total. The summed E-state index contributed by atoms with van der Waals surface area (Å²) < 4.78 is 1.16. The number of hydrogen-bond acceptors (Lipinski definition) is 4. The summed E-state index contributed by atoms with van der Waals surface area (Å²) in [6.07, 6.45) is 0.375. The van der Waals surface area contributed by atoms with E-state index in [0.29, 0.717) is 12.2 Å². The van der Waals surface area contributed by atoms with E-state index in [1.807, 2.05) is 31.4 Å². The fourth-order valence-corrected chi connectivity index (χ4v) is 3.46. The van der Waals surface area contributed by atoms with Crippen molar-refractivity contribution in [2.45, 2.75) is 36.6 Å². The molecule has 1 aromatic rings. The largest absolute Gasteiger partial charge is 0.392 e. The number of thiophene rings is 1. The Kier molecular flexibility index (Phi) is 3.80. The van der Waals surface area contributed by atoms with Crippen LogP contribution < -0.4 is 5.32 Å². The molecule has 2 atom stereocenters. The van der Waals surface area contributed by atoms with Crippen molar-refractivity contribution < 1.29 is 9.90 Å². The van der Waals surface area contributed by atoms with Crippen molar-refractivity contribution in [3.63, 3.8) is 0 Å². The van der Waals surface area contributed by atoms with E-state index in [4.69, 9.17) is 0 Å². The summed E-state index contributed by atoms with van der Waals surface area (Å²) in [6.45, 7) is 3.97. The third-order valence-electron chi connectivity index (χ3n) is 3.39. The number of thioether (sulfide) groups is 1. The molecule has 1 aliphatic rings. The highest BCUT2D eigenvalue weighted by Gasteiger charge is 2.47. The van der Waals surface area contributed by atoms with Crippen molar-refractivity contribution in [2.24, 2.45) is 5.41 Å². The molecule has 0 spiro atoms. The van der Waals surface area contributed by atoms with Gasteiger partial charge in [0.2, 0.25) is 5.91 Å². The van der Waals surface area contributed by atoms with Gasteiger partial charge in [-0.2, -0.15) is 0 Å². The Morgan fingerprint density at radius 2 is 2.47 bits per heavy atom. The smallest absolute Gasteiger partial charge is 0.230 e. The summed E-state index contributed by atoms with van der Waals surface area (Å²) in [7, 11) is 0. The van der Waals surface area contributed by atoms with Gasteiger partial charge in [0, 0.05) is 11.5 Å². The van der Waals surface area contributed by atoms with Crippen LogP contribution in [0.1, 0.15) is 20.3 Å². The molecule has 0 saturated heterocycles. The molecule has 2 unspecified atom stereocenters. The summed E-state index contributed by atoms with van der Waals surface area (Å²) in [5.74, 6) is 0.497. The topological polar surface area (TPSA) is 49.3 Å². The number of carbonyl (C=O) groups excluding carboxylic acids is 1. The number of amides is 1. The molecule has 1 fully saturated rings. The normalized spacial score (nSPS) is 26.3. The molecule has 1 saturated carbocycles. The summed E-state index contributed by atoms with van der Waals surface area (Å²) in [4.78, 5) is 11.7. The summed E-state index contributed by atoms with van der Waals surface area (Å²) in [5.41, 5.74) is -0.191. The van der Waals surface area contributed by atoms with Crippen LogP contribution in [0.3, 0.4) is 0 Å². The van der Waals surface area contributed by atoms with E-state index >= 15 is 0 Å². The Bertz CT molecular complexity index is 389. The van der Waals surface area contributed by atoms with Gasteiger partial charge in [-0.15, -0.1) is 23.1 Å². The predicted octanol–water partition coefficient (Wildman–Crippen LogP) is 2.12. The third-order valence-corrected chi connectivity index (χ3v) is 5.52. The number of rotatable bonds is 4. The van der Waals surface area contributed by atoms with Gasteiger partial charge in [0.05, 0.1) is 16.1 Å². The first-order valence-corrected chi connectivity index (χ1v) is 7.50. The Morgan fingerprint density at radius 3 is 3.00 bits per heavy atom. The van der Waals surface area contributed by atoms with E-state index in [0.717, 1.165) is 4.21 Å². The molecular formula is C12H17NO2S2. The van der Waals surface area contributed by atoms with Crippen LogP contribution in [0.4, 0.5) is 0 Å². The molecule has 2 rings (SSSR count). The van der Waals surface area contributed by atoms with Gasteiger partial charge < -0.3 is 10.4 Å². The van der Waals surface area contributed by atoms with Crippen molar-refractivity contribution >= 4 is 29.0 Å². The molecule has 1 aliphatic carbocycles. The first kappa shape index (κ1) is 12.9. The maximum absolute atomic E-state index is 11.7. The maximum atomic E-state index is 11.7. The zero-order valence-electron chi connectivity index (χ0n) is 9.97. The molecule has 1 heterocycles. The molecule has 0 aliphatic heterocycles. The molecule has 1 aromatic heterocycles. The molecule has 0 radical (unpaired) electrons. The highest BCUT2D eigenvalue weighted by molar-refractivity contribution is 8.01. The average Bonchev–Trinajstić information content (AvgIpc) is 2.79. The van der Waals surface area contributed by atoms with Gasteiger partial charge in [0.15, 0.2) is 0 Å². The minimum Gasteiger partial charge on any atom is -0.392 e. The fraction of sp³-hybridized carbons (Fsp3) is 0.583. The van der Waals surface area contributed by atoms with E-state index in [-0.39, 0.29) is 23.5 Å². The van der Waals surface area contributed by atoms with Gasteiger partial charge in [-0.05, 0) is 17.9 Å². The Labute approximate surface area is 110 Å². The second-order valence-electron chi connectivity index (χ2n) is 4.91. The average molecular weight is 271 g/mol. The molecule has 2 N–H and O–H groups in total. The van der Waals surface area contributed by atoms with Crippen LogP contribution in [-0.2, 0) is 4.79 Å². The Balaban J connectivity index is 1.75. The van der Waals surface area contributed by atoms with E-state index in [9.17, 15) is 9.90 Å². The number of nitrogens with one attached hydrogen (secondary N) is 1. The number of aliphatic hydroxyl groups is 1. The van der Waals surface area contributed by atoms with Crippen LogP contribution in [0.15, 0.2) is 21.7 Å². The number of aliphatic hydroxyl groups excluding tert-OH is 1. The van der Waals surface area contributed by atoms with Crippen LogP contribution in [0.5, 0.6) is 0 Å². The zero-order valence-corrected chi connectivity index (χ0v) is 11.6. The quantitative estimate of drug-likeness (QED) is 0.825. The standard InChI is InChI=1S/C12H17NO2S2/c1-12(2)8(6-9(12)14)13-10(15)7-17-11-4-3-5-16-11/h3-5,8-9,14H,6-7H2,1-2H3,(H,13,15).